The van der Waals surface area contributed by atoms with Crippen molar-refractivity contribution in [2.75, 3.05) is 0 Å². The Balaban J connectivity index is 1.40. The molecule has 3 nitrogen and oxygen atoms in total. The molecule has 0 fully saturated rings. The molecular formula is C42H33N3. The number of pyridine rings is 1. The molecule has 0 amide bonds. The first kappa shape index (κ1) is 28.1. The highest BCUT2D eigenvalue weighted by Crippen LogP contribution is 2.37. The number of rotatable bonds is 7. The fourth-order valence-electron chi connectivity index (χ4n) is 6.04. The van der Waals surface area contributed by atoms with E-state index in [1.165, 1.54) is 27.1 Å². The molecule has 216 valence electrons. The van der Waals surface area contributed by atoms with E-state index in [-0.39, 0.29) is 0 Å². The van der Waals surface area contributed by atoms with E-state index in [0.717, 1.165) is 57.0 Å². The summed E-state index contributed by atoms with van der Waals surface area (Å²) in [6.45, 7) is 4.17. The lowest BCUT2D eigenvalue weighted by Gasteiger charge is -2.13. The number of benzene rings is 5. The fourth-order valence-corrected chi connectivity index (χ4v) is 6.04. The third-order valence-electron chi connectivity index (χ3n) is 8.15. The summed E-state index contributed by atoms with van der Waals surface area (Å²) in [7, 11) is 0. The van der Waals surface area contributed by atoms with Crippen LogP contribution in [0.4, 0.5) is 0 Å². The van der Waals surface area contributed by atoms with Crippen LogP contribution in [0.2, 0.25) is 0 Å². The van der Waals surface area contributed by atoms with Crippen molar-refractivity contribution < 1.29 is 0 Å². The molecule has 0 aliphatic heterocycles. The molecule has 0 aliphatic rings. The molecule has 0 aliphatic carbocycles. The molecule has 7 rings (SSSR count). The van der Waals surface area contributed by atoms with Crippen LogP contribution in [0.25, 0.3) is 71.9 Å². The Bertz CT molecular complexity index is 2210. The van der Waals surface area contributed by atoms with Crippen molar-refractivity contribution in [1.29, 1.82) is 0 Å². The molecular weight excluding hydrogens is 546 g/mol. The van der Waals surface area contributed by atoms with E-state index in [1.54, 1.807) is 6.20 Å². The number of hydrogen-bond donors (Lipinski definition) is 0. The summed E-state index contributed by atoms with van der Waals surface area (Å²) >= 11 is 0. The third kappa shape index (κ3) is 5.69. The van der Waals surface area contributed by atoms with Gasteiger partial charge < -0.3 is 0 Å². The maximum atomic E-state index is 5.15. The highest BCUT2D eigenvalue weighted by Gasteiger charge is 2.14. The molecule has 0 N–H and O–H groups in total. The second-order valence-corrected chi connectivity index (χ2v) is 11.1. The topological polar surface area (TPSA) is 38.7 Å². The summed E-state index contributed by atoms with van der Waals surface area (Å²) in [5.41, 5.74) is 9.42. The van der Waals surface area contributed by atoms with E-state index in [0.29, 0.717) is 0 Å². The van der Waals surface area contributed by atoms with Gasteiger partial charge in [-0.3, -0.25) is 4.98 Å². The summed E-state index contributed by atoms with van der Waals surface area (Å²) in [6.07, 6.45) is 10.9. The molecule has 0 bridgehead atoms. The number of aromatic nitrogens is 3. The summed E-state index contributed by atoms with van der Waals surface area (Å²) in [4.78, 5) is 14.6. The summed E-state index contributed by atoms with van der Waals surface area (Å²) in [6, 6.07) is 43.0. The fraction of sp³-hybridized carbons (Fsp3) is 0.0714. The van der Waals surface area contributed by atoms with Gasteiger partial charge >= 0.3 is 0 Å². The van der Waals surface area contributed by atoms with Gasteiger partial charge in [0.25, 0.3) is 0 Å². The molecule has 0 atom stereocenters. The summed E-state index contributed by atoms with van der Waals surface area (Å²) < 4.78 is 0. The van der Waals surface area contributed by atoms with Crippen LogP contribution < -0.4 is 0 Å². The van der Waals surface area contributed by atoms with Crippen LogP contribution in [-0.4, -0.2) is 15.0 Å². The Morgan fingerprint density at radius 1 is 0.600 bits per heavy atom. The van der Waals surface area contributed by atoms with Crippen molar-refractivity contribution in [1.82, 2.24) is 15.0 Å². The molecule has 0 unspecified atom stereocenters. The first-order valence-electron chi connectivity index (χ1n) is 15.5. The van der Waals surface area contributed by atoms with Gasteiger partial charge in [-0.05, 0) is 81.9 Å². The minimum atomic E-state index is 0.718. The van der Waals surface area contributed by atoms with Crippen molar-refractivity contribution in [2.24, 2.45) is 0 Å². The number of allylic oxidation sites excluding steroid dienone is 4. The number of nitrogens with zero attached hydrogens (tertiary/aromatic N) is 3. The lowest BCUT2D eigenvalue weighted by atomic mass is 9.92. The zero-order chi connectivity index (χ0) is 30.6. The molecule has 0 radical (unpaired) electrons. The smallest absolute Gasteiger partial charge is 0.160 e. The largest absolute Gasteiger partial charge is 0.264 e. The SMILES string of the molecule is C/C=C\C(=C/CC)c1nc(-c2cccc(-c3cccnc3)c2)cc(-c2cccc(-c3cc4ccccc4c4ccccc34)c2)n1. The van der Waals surface area contributed by atoms with Crippen LogP contribution in [0.5, 0.6) is 0 Å². The first-order chi connectivity index (χ1) is 22.2. The van der Waals surface area contributed by atoms with Gasteiger partial charge in [0.1, 0.15) is 0 Å². The van der Waals surface area contributed by atoms with E-state index < -0.39 is 0 Å². The average molecular weight is 580 g/mol. The molecule has 0 saturated carbocycles. The van der Waals surface area contributed by atoms with E-state index in [4.69, 9.17) is 9.97 Å². The van der Waals surface area contributed by atoms with Crippen LogP contribution in [0.3, 0.4) is 0 Å². The molecule has 5 aromatic carbocycles. The van der Waals surface area contributed by atoms with Gasteiger partial charge in [0.15, 0.2) is 5.82 Å². The van der Waals surface area contributed by atoms with Crippen molar-refractivity contribution >= 4 is 27.1 Å². The second kappa shape index (κ2) is 12.5. The maximum absolute atomic E-state index is 5.15. The molecule has 2 aromatic heterocycles. The highest BCUT2D eigenvalue weighted by molar-refractivity contribution is 6.13. The Kier molecular flexibility index (Phi) is 7.82. The third-order valence-corrected chi connectivity index (χ3v) is 8.15. The van der Waals surface area contributed by atoms with E-state index >= 15 is 0 Å². The van der Waals surface area contributed by atoms with Gasteiger partial charge in [-0.15, -0.1) is 0 Å². The van der Waals surface area contributed by atoms with E-state index in [9.17, 15) is 0 Å². The van der Waals surface area contributed by atoms with Crippen LogP contribution in [-0.2, 0) is 0 Å². The molecule has 0 spiro atoms. The van der Waals surface area contributed by atoms with Crippen molar-refractivity contribution in [3.8, 4) is 44.8 Å². The summed E-state index contributed by atoms with van der Waals surface area (Å²) in [5, 5.41) is 5.01. The minimum absolute atomic E-state index is 0.718. The zero-order valence-electron chi connectivity index (χ0n) is 25.5. The van der Waals surface area contributed by atoms with Crippen molar-refractivity contribution in [3.63, 3.8) is 0 Å². The highest BCUT2D eigenvalue weighted by atomic mass is 14.9. The van der Waals surface area contributed by atoms with Gasteiger partial charge in [-0.2, -0.15) is 0 Å². The predicted octanol–water partition coefficient (Wildman–Crippen LogP) is 11.2. The van der Waals surface area contributed by atoms with Gasteiger partial charge in [-0.25, -0.2) is 9.97 Å². The quantitative estimate of drug-likeness (QED) is 0.139. The Hall–Kier alpha value is -5.67. The average Bonchev–Trinajstić information content (AvgIpc) is 3.11. The summed E-state index contributed by atoms with van der Waals surface area (Å²) in [5.74, 6) is 0.718. The lowest BCUT2D eigenvalue weighted by molar-refractivity contribution is 1.12. The van der Waals surface area contributed by atoms with Gasteiger partial charge in [0.05, 0.1) is 11.4 Å². The molecule has 2 heterocycles. The molecule has 45 heavy (non-hydrogen) atoms. The van der Waals surface area contributed by atoms with Crippen molar-refractivity contribution in [3.05, 3.63) is 158 Å². The van der Waals surface area contributed by atoms with Crippen LogP contribution in [0.15, 0.2) is 152 Å². The molecule has 7 aromatic rings. The van der Waals surface area contributed by atoms with Crippen LogP contribution in [0, 0.1) is 0 Å². The normalized spacial score (nSPS) is 11.9. The van der Waals surface area contributed by atoms with Crippen LogP contribution >= 0.6 is 0 Å². The Morgan fingerprint density at radius 3 is 1.96 bits per heavy atom. The number of fused-ring (bicyclic) bond motifs is 3. The number of hydrogen-bond acceptors (Lipinski definition) is 3. The van der Waals surface area contributed by atoms with E-state index in [2.05, 4.69) is 139 Å². The van der Waals surface area contributed by atoms with Gasteiger partial charge in [0, 0.05) is 34.7 Å². The molecule has 0 saturated heterocycles. The maximum Gasteiger partial charge on any atom is 0.160 e. The molecule has 3 heteroatoms. The Labute approximate surface area is 264 Å². The predicted molar refractivity (Wildman–Crippen MR) is 190 cm³/mol. The Morgan fingerprint density at radius 2 is 1.24 bits per heavy atom. The first-order valence-corrected chi connectivity index (χ1v) is 15.5. The second-order valence-electron chi connectivity index (χ2n) is 11.1. The monoisotopic (exact) mass is 579 g/mol. The van der Waals surface area contributed by atoms with Crippen molar-refractivity contribution in [2.45, 2.75) is 20.3 Å². The van der Waals surface area contributed by atoms with Crippen LogP contribution in [0.1, 0.15) is 26.1 Å². The van der Waals surface area contributed by atoms with Gasteiger partial charge in [0.2, 0.25) is 0 Å². The minimum Gasteiger partial charge on any atom is -0.264 e. The standard InChI is InChI=1S/C42H33N3/c1-3-12-29(13-4-2)42-44-40(33-17-9-15-30(24-33)35-19-11-23-43-28-35)27-41(45-42)34-18-10-16-31(25-34)39-26-32-14-5-6-20-36(32)37-21-7-8-22-38(37)39/h3,5-28H,4H2,1-2H3/b12-3-,29-13+. The van der Waals surface area contributed by atoms with Gasteiger partial charge in [-0.1, -0.05) is 116 Å². The zero-order valence-corrected chi connectivity index (χ0v) is 25.5. The van der Waals surface area contributed by atoms with E-state index in [1.807, 2.05) is 25.3 Å². The lowest BCUT2D eigenvalue weighted by Crippen LogP contribution is -1.99.